The molecular formula is C15H17ClN2O. The Morgan fingerprint density at radius 3 is 2.53 bits per heavy atom. The molecule has 1 aromatic carbocycles. The van der Waals surface area contributed by atoms with Crippen LogP contribution in [0.2, 0.25) is 5.02 Å². The van der Waals surface area contributed by atoms with Crippen LogP contribution in [-0.4, -0.2) is 12.1 Å². The number of pyridine rings is 1. The van der Waals surface area contributed by atoms with E-state index in [9.17, 15) is 0 Å². The zero-order valence-electron chi connectivity index (χ0n) is 11.1. The molecule has 1 unspecified atom stereocenters. The highest BCUT2D eigenvalue weighted by Crippen LogP contribution is 2.16. The fraction of sp³-hybridized carbons (Fsp3) is 0.267. The monoisotopic (exact) mass is 276 g/mol. The van der Waals surface area contributed by atoms with E-state index in [-0.39, 0.29) is 6.04 Å². The zero-order chi connectivity index (χ0) is 13.7. The summed E-state index contributed by atoms with van der Waals surface area (Å²) >= 11 is 5.88. The maximum absolute atomic E-state index is 5.88. The van der Waals surface area contributed by atoms with Gasteiger partial charge in [-0.3, -0.25) is 0 Å². The molecule has 0 aliphatic heterocycles. The molecule has 0 fully saturated rings. The topological polar surface area (TPSA) is 34.1 Å². The predicted octanol–water partition coefficient (Wildman–Crippen LogP) is 3.59. The minimum atomic E-state index is 0.263. The number of rotatable bonds is 5. The molecule has 0 aliphatic carbocycles. The highest BCUT2D eigenvalue weighted by molar-refractivity contribution is 6.30. The van der Waals surface area contributed by atoms with Crippen molar-refractivity contribution in [1.29, 1.82) is 0 Å². The first kappa shape index (κ1) is 13.8. The Morgan fingerprint density at radius 1 is 1.21 bits per heavy atom. The molecule has 1 N–H and O–H groups in total. The van der Waals surface area contributed by atoms with Gasteiger partial charge in [-0.25, -0.2) is 4.98 Å². The zero-order valence-corrected chi connectivity index (χ0v) is 11.8. The van der Waals surface area contributed by atoms with Gasteiger partial charge in [-0.05, 0) is 30.2 Å². The molecule has 1 aromatic heterocycles. The van der Waals surface area contributed by atoms with Crippen LogP contribution in [0.15, 0.2) is 42.6 Å². The third kappa shape index (κ3) is 3.94. The predicted molar refractivity (Wildman–Crippen MR) is 77.5 cm³/mol. The number of methoxy groups -OCH3 is 1. The van der Waals surface area contributed by atoms with Crippen molar-refractivity contribution in [2.45, 2.75) is 19.5 Å². The molecule has 0 bridgehead atoms. The van der Waals surface area contributed by atoms with E-state index in [0.29, 0.717) is 5.88 Å². The second kappa shape index (κ2) is 6.55. The normalized spacial score (nSPS) is 12.2. The van der Waals surface area contributed by atoms with Gasteiger partial charge in [-0.15, -0.1) is 0 Å². The summed E-state index contributed by atoms with van der Waals surface area (Å²) in [5.41, 5.74) is 2.34. The third-order valence-corrected chi connectivity index (χ3v) is 3.24. The summed E-state index contributed by atoms with van der Waals surface area (Å²) in [6, 6.07) is 12.0. The SMILES string of the molecule is COc1ccc(CNC(C)c2ccc(Cl)cc2)cn1. The van der Waals surface area contributed by atoms with E-state index in [1.807, 2.05) is 42.6 Å². The number of hydrogen-bond acceptors (Lipinski definition) is 3. The van der Waals surface area contributed by atoms with Gasteiger partial charge in [0.15, 0.2) is 0 Å². The lowest BCUT2D eigenvalue weighted by atomic mass is 10.1. The summed E-state index contributed by atoms with van der Waals surface area (Å²) in [5.74, 6) is 0.634. The summed E-state index contributed by atoms with van der Waals surface area (Å²) in [4.78, 5) is 4.18. The van der Waals surface area contributed by atoms with Crippen molar-refractivity contribution < 1.29 is 4.74 Å². The summed E-state index contributed by atoms with van der Waals surface area (Å²) in [5, 5.41) is 4.21. The quantitative estimate of drug-likeness (QED) is 0.906. The van der Waals surface area contributed by atoms with Crippen molar-refractivity contribution >= 4 is 11.6 Å². The number of benzene rings is 1. The first-order valence-electron chi connectivity index (χ1n) is 6.17. The fourth-order valence-corrected chi connectivity index (χ4v) is 1.90. The van der Waals surface area contributed by atoms with Crippen LogP contribution >= 0.6 is 11.6 Å². The highest BCUT2D eigenvalue weighted by Gasteiger charge is 2.05. The molecule has 19 heavy (non-hydrogen) atoms. The Morgan fingerprint density at radius 2 is 1.95 bits per heavy atom. The van der Waals surface area contributed by atoms with Gasteiger partial charge < -0.3 is 10.1 Å². The molecule has 0 spiro atoms. The van der Waals surface area contributed by atoms with Crippen LogP contribution in [0.5, 0.6) is 5.88 Å². The smallest absolute Gasteiger partial charge is 0.212 e. The lowest BCUT2D eigenvalue weighted by molar-refractivity contribution is 0.397. The Kier molecular flexibility index (Phi) is 4.77. The average molecular weight is 277 g/mol. The number of hydrogen-bond donors (Lipinski definition) is 1. The summed E-state index contributed by atoms with van der Waals surface area (Å²) < 4.78 is 5.03. The summed E-state index contributed by atoms with van der Waals surface area (Å²) in [6.07, 6.45) is 1.82. The molecule has 1 atom stereocenters. The largest absolute Gasteiger partial charge is 0.481 e. The molecule has 2 aromatic rings. The minimum Gasteiger partial charge on any atom is -0.481 e. The van der Waals surface area contributed by atoms with Crippen LogP contribution in [0, 0.1) is 0 Å². The van der Waals surface area contributed by atoms with Crippen LogP contribution in [0.4, 0.5) is 0 Å². The van der Waals surface area contributed by atoms with Crippen LogP contribution in [0.3, 0.4) is 0 Å². The average Bonchev–Trinajstić information content (AvgIpc) is 2.46. The third-order valence-electron chi connectivity index (χ3n) is 2.99. The van der Waals surface area contributed by atoms with Gasteiger partial charge in [0.25, 0.3) is 0 Å². The second-order valence-corrected chi connectivity index (χ2v) is 4.80. The van der Waals surface area contributed by atoms with E-state index in [1.54, 1.807) is 7.11 Å². The number of nitrogens with zero attached hydrogens (tertiary/aromatic N) is 1. The van der Waals surface area contributed by atoms with E-state index < -0.39 is 0 Å². The van der Waals surface area contributed by atoms with E-state index in [1.165, 1.54) is 5.56 Å². The fourth-order valence-electron chi connectivity index (χ4n) is 1.78. The van der Waals surface area contributed by atoms with E-state index in [2.05, 4.69) is 17.2 Å². The molecule has 0 aliphatic rings. The van der Waals surface area contributed by atoms with E-state index in [4.69, 9.17) is 16.3 Å². The Hall–Kier alpha value is -1.58. The molecule has 4 heteroatoms. The maximum atomic E-state index is 5.88. The van der Waals surface area contributed by atoms with Crippen molar-refractivity contribution in [2.24, 2.45) is 0 Å². The standard InChI is InChI=1S/C15H17ClN2O/c1-11(13-4-6-14(16)7-5-13)17-9-12-3-8-15(19-2)18-10-12/h3-8,10-11,17H,9H2,1-2H3. The molecule has 0 saturated heterocycles. The molecule has 2 rings (SSSR count). The molecular weight excluding hydrogens is 260 g/mol. The number of halogens is 1. The molecule has 100 valence electrons. The van der Waals surface area contributed by atoms with Gasteiger partial charge in [-0.2, -0.15) is 0 Å². The molecule has 0 radical (unpaired) electrons. The molecule has 0 amide bonds. The van der Waals surface area contributed by atoms with Gasteiger partial charge in [0, 0.05) is 29.9 Å². The molecule has 1 heterocycles. The maximum Gasteiger partial charge on any atom is 0.212 e. The van der Waals surface area contributed by atoms with Crippen LogP contribution in [-0.2, 0) is 6.54 Å². The Balaban J connectivity index is 1.92. The van der Waals surface area contributed by atoms with Crippen LogP contribution < -0.4 is 10.1 Å². The summed E-state index contributed by atoms with van der Waals surface area (Å²) in [7, 11) is 1.61. The lowest BCUT2D eigenvalue weighted by Gasteiger charge is -2.14. The van der Waals surface area contributed by atoms with Gasteiger partial charge in [0.05, 0.1) is 7.11 Å². The van der Waals surface area contributed by atoms with Gasteiger partial charge >= 0.3 is 0 Å². The first-order chi connectivity index (χ1) is 9.19. The van der Waals surface area contributed by atoms with Crippen molar-refractivity contribution in [3.8, 4) is 5.88 Å². The number of ether oxygens (including phenoxy) is 1. The van der Waals surface area contributed by atoms with E-state index in [0.717, 1.165) is 17.1 Å². The highest BCUT2D eigenvalue weighted by atomic mass is 35.5. The Labute approximate surface area is 118 Å². The van der Waals surface area contributed by atoms with Gasteiger partial charge in [-0.1, -0.05) is 29.8 Å². The summed E-state index contributed by atoms with van der Waals surface area (Å²) in [6.45, 7) is 2.89. The van der Waals surface area contributed by atoms with Gasteiger partial charge in [0.2, 0.25) is 5.88 Å². The van der Waals surface area contributed by atoms with E-state index >= 15 is 0 Å². The number of aromatic nitrogens is 1. The molecule has 0 saturated carbocycles. The van der Waals surface area contributed by atoms with Crippen LogP contribution in [0.1, 0.15) is 24.1 Å². The molecule has 3 nitrogen and oxygen atoms in total. The first-order valence-corrected chi connectivity index (χ1v) is 6.54. The van der Waals surface area contributed by atoms with Crippen LogP contribution in [0.25, 0.3) is 0 Å². The van der Waals surface area contributed by atoms with Crippen molar-refractivity contribution in [2.75, 3.05) is 7.11 Å². The van der Waals surface area contributed by atoms with Crippen molar-refractivity contribution in [3.63, 3.8) is 0 Å². The van der Waals surface area contributed by atoms with Crippen molar-refractivity contribution in [3.05, 3.63) is 58.7 Å². The minimum absolute atomic E-state index is 0.263. The van der Waals surface area contributed by atoms with Crippen molar-refractivity contribution in [1.82, 2.24) is 10.3 Å². The number of nitrogens with one attached hydrogen (secondary N) is 1. The van der Waals surface area contributed by atoms with Gasteiger partial charge in [0.1, 0.15) is 0 Å². The Bertz CT molecular complexity index is 511. The second-order valence-electron chi connectivity index (χ2n) is 4.36. The lowest BCUT2D eigenvalue weighted by Crippen LogP contribution is -2.18.